The molecule has 1 aromatic rings. The van der Waals surface area contributed by atoms with E-state index >= 15 is 0 Å². The molecular weight excluding hydrogens is 414 g/mol. The maximum absolute atomic E-state index is 13.0. The standard InChI is InChI=1S/C23H38BrN3O/c1-18(2)27(19(3)4)17-13-23(22(25)28,20-10-6-7-11-21(20)24)12-16-26-14-8-5-9-15-26/h6-7,10-11,18-19H,5,8-9,12-17H2,1-4H3,(H2,25,28). The average molecular weight is 452 g/mol. The van der Waals surface area contributed by atoms with E-state index in [0.29, 0.717) is 12.1 Å². The van der Waals surface area contributed by atoms with E-state index in [2.05, 4.69) is 59.5 Å². The van der Waals surface area contributed by atoms with Crippen molar-refractivity contribution in [1.82, 2.24) is 9.80 Å². The molecule has 0 aliphatic carbocycles. The van der Waals surface area contributed by atoms with Crippen LogP contribution in [0.15, 0.2) is 28.7 Å². The first-order valence-electron chi connectivity index (χ1n) is 10.8. The number of halogens is 1. The molecular formula is C23H38BrN3O. The van der Waals surface area contributed by atoms with Crippen LogP contribution in [-0.2, 0) is 10.2 Å². The van der Waals surface area contributed by atoms with Gasteiger partial charge in [0.05, 0.1) is 5.41 Å². The maximum Gasteiger partial charge on any atom is 0.228 e. The summed E-state index contributed by atoms with van der Waals surface area (Å²) in [4.78, 5) is 17.9. The zero-order valence-electron chi connectivity index (χ0n) is 18.1. The van der Waals surface area contributed by atoms with Crippen LogP contribution in [0.1, 0.15) is 65.4 Å². The van der Waals surface area contributed by atoms with E-state index in [1.807, 2.05) is 18.2 Å². The van der Waals surface area contributed by atoms with Crippen LogP contribution in [-0.4, -0.2) is 54.0 Å². The first-order chi connectivity index (χ1) is 13.3. The normalized spacial score (nSPS) is 18.0. The Morgan fingerprint density at radius 2 is 1.71 bits per heavy atom. The highest BCUT2D eigenvalue weighted by Gasteiger charge is 2.40. The zero-order chi connectivity index (χ0) is 20.7. The minimum atomic E-state index is -0.653. The minimum Gasteiger partial charge on any atom is -0.369 e. The number of likely N-dealkylation sites (tertiary alicyclic amines) is 1. The highest BCUT2D eigenvalue weighted by Crippen LogP contribution is 2.37. The number of piperidine rings is 1. The molecule has 0 radical (unpaired) electrons. The van der Waals surface area contributed by atoms with Crippen LogP contribution < -0.4 is 5.73 Å². The summed E-state index contributed by atoms with van der Waals surface area (Å²) >= 11 is 3.70. The number of amides is 1. The molecule has 0 bridgehead atoms. The molecule has 1 saturated heterocycles. The second kappa shape index (κ2) is 10.7. The molecule has 0 spiro atoms. The van der Waals surface area contributed by atoms with Gasteiger partial charge in [-0.2, -0.15) is 0 Å². The molecule has 0 saturated carbocycles. The van der Waals surface area contributed by atoms with E-state index in [1.165, 1.54) is 19.3 Å². The van der Waals surface area contributed by atoms with Crippen LogP contribution in [0, 0.1) is 0 Å². The van der Waals surface area contributed by atoms with Crippen LogP contribution in [0.4, 0.5) is 0 Å². The third-order valence-electron chi connectivity index (χ3n) is 6.29. The monoisotopic (exact) mass is 451 g/mol. The number of hydrogen-bond acceptors (Lipinski definition) is 3. The van der Waals surface area contributed by atoms with Crippen molar-refractivity contribution in [2.45, 2.75) is 77.3 Å². The van der Waals surface area contributed by atoms with Crippen LogP contribution in [0.3, 0.4) is 0 Å². The summed E-state index contributed by atoms with van der Waals surface area (Å²) < 4.78 is 0.980. The Labute approximate surface area is 180 Å². The number of hydrogen-bond donors (Lipinski definition) is 1. The zero-order valence-corrected chi connectivity index (χ0v) is 19.7. The molecule has 1 fully saturated rings. The molecule has 2 N–H and O–H groups in total. The first-order valence-corrected chi connectivity index (χ1v) is 11.6. The average Bonchev–Trinajstić information content (AvgIpc) is 2.65. The number of rotatable bonds is 10. The van der Waals surface area contributed by atoms with Crippen LogP contribution >= 0.6 is 15.9 Å². The van der Waals surface area contributed by atoms with Crippen molar-refractivity contribution in [3.05, 3.63) is 34.3 Å². The molecule has 1 unspecified atom stereocenters. The number of primary amides is 1. The second-order valence-electron chi connectivity index (χ2n) is 8.75. The van der Waals surface area contributed by atoms with E-state index in [-0.39, 0.29) is 5.91 Å². The summed E-state index contributed by atoms with van der Waals surface area (Å²) in [6, 6.07) is 8.98. The summed E-state index contributed by atoms with van der Waals surface area (Å²) in [6.07, 6.45) is 5.35. The van der Waals surface area contributed by atoms with E-state index < -0.39 is 5.41 Å². The summed E-state index contributed by atoms with van der Waals surface area (Å²) in [6.45, 7) is 12.9. The Morgan fingerprint density at radius 3 is 2.25 bits per heavy atom. The molecule has 4 nitrogen and oxygen atoms in total. The molecule has 1 aliphatic rings. The lowest BCUT2D eigenvalue weighted by Crippen LogP contribution is -2.48. The Kier molecular flexibility index (Phi) is 8.97. The lowest BCUT2D eigenvalue weighted by atomic mass is 9.73. The fourth-order valence-electron chi connectivity index (χ4n) is 4.59. The van der Waals surface area contributed by atoms with Crippen molar-refractivity contribution in [1.29, 1.82) is 0 Å². The van der Waals surface area contributed by atoms with E-state index in [1.54, 1.807) is 0 Å². The van der Waals surface area contributed by atoms with Gasteiger partial charge in [-0.1, -0.05) is 40.5 Å². The van der Waals surface area contributed by atoms with Crippen molar-refractivity contribution < 1.29 is 4.79 Å². The topological polar surface area (TPSA) is 49.6 Å². The Balaban J connectivity index is 2.31. The van der Waals surface area contributed by atoms with Gasteiger partial charge in [-0.05, 0) is 84.6 Å². The number of nitrogens with zero attached hydrogens (tertiary/aromatic N) is 2. The van der Waals surface area contributed by atoms with Crippen molar-refractivity contribution in [3.63, 3.8) is 0 Å². The van der Waals surface area contributed by atoms with Gasteiger partial charge in [0.2, 0.25) is 5.91 Å². The second-order valence-corrected chi connectivity index (χ2v) is 9.61. The Bertz CT molecular complexity index is 620. The van der Waals surface area contributed by atoms with Gasteiger partial charge in [-0.3, -0.25) is 9.69 Å². The van der Waals surface area contributed by atoms with Crippen LogP contribution in [0.2, 0.25) is 0 Å². The molecule has 1 aromatic carbocycles. The quantitative estimate of drug-likeness (QED) is 0.566. The summed E-state index contributed by atoms with van der Waals surface area (Å²) in [5.41, 5.74) is 6.51. The van der Waals surface area contributed by atoms with Gasteiger partial charge in [-0.25, -0.2) is 0 Å². The number of carbonyl (C=O) groups excluding carboxylic acids is 1. The lowest BCUT2D eigenvalue weighted by Gasteiger charge is -2.38. The maximum atomic E-state index is 13.0. The number of benzene rings is 1. The molecule has 5 heteroatoms. The summed E-state index contributed by atoms with van der Waals surface area (Å²) in [5, 5.41) is 0. The number of carbonyl (C=O) groups is 1. The van der Waals surface area contributed by atoms with Crippen molar-refractivity contribution in [2.75, 3.05) is 26.2 Å². The van der Waals surface area contributed by atoms with Gasteiger partial charge in [0.25, 0.3) is 0 Å². The van der Waals surface area contributed by atoms with Crippen LogP contribution in [0.25, 0.3) is 0 Å². The smallest absolute Gasteiger partial charge is 0.228 e. The van der Waals surface area contributed by atoms with Gasteiger partial charge in [0, 0.05) is 23.1 Å². The molecule has 0 aromatic heterocycles. The SMILES string of the molecule is CC(C)N(CCC(CCN1CCCCC1)(C(N)=O)c1ccccc1Br)C(C)C. The summed E-state index contributed by atoms with van der Waals surface area (Å²) in [5.74, 6) is -0.205. The van der Waals surface area contributed by atoms with Crippen molar-refractivity contribution in [3.8, 4) is 0 Å². The Hall–Kier alpha value is -0.910. The lowest BCUT2D eigenvalue weighted by molar-refractivity contribution is -0.124. The first kappa shape index (κ1) is 23.4. The third kappa shape index (κ3) is 5.80. The minimum absolute atomic E-state index is 0.205. The molecule has 158 valence electrons. The largest absolute Gasteiger partial charge is 0.369 e. The van der Waals surface area contributed by atoms with Crippen molar-refractivity contribution in [2.24, 2.45) is 5.73 Å². The molecule has 1 aliphatic heterocycles. The van der Waals surface area contributed by atoms with E-state index in [4.69, 9.17) is 5.73 Å². The predicted molar refractivity (Wildman–Crippen MR) is 122 cm³/mol. The highest BCUT2D eigenvalue weighted by atomic mass is 79.9. The van der Waals surface area contributed by atoms with Crippen LogP contribution in [0.5, 0.6) is 0 Å². The predicted octanol–water partition coefficient (Wildman–Crippen LogP) is 4.56. The summed E-state index contributed by atoms with van der Waals surface area (Å²) in [7, 11) is 0. The van der Waals surface area contributed by atoms with Gasteiger partial charge >= 0.3 is 0 Å². The van der Waals surface area contributed by atoms with Gasteiger partial charge in [0.1, 0.15) is 0 Å². The third-order valence-corrected chi connectivity index (χ3v) is 6.98. The fourth-order valence-corrected chi connectivity index (χ4v) is 5.25. The van der Waals surface area contributed by atoms with Gasteiger partial charge in [0.15, 0.2) is 0 Å². The Morgan fingerprint density at radius 1 is 1.11 bits per heavy atom. The fraction of sp³-hybridized carbons (Fsp3) is 0.696. The highest BCUT2D eigenvalue weighted by molar-refractivity contribution is 9.10. The number of nitrogens with two attached hydrogens (primary N) is 1. The van der Waals surface area contributed by atoms with Crippen molar-refractivity contribution >= 4 is 21.8 Å². The van der Waals surface area contributed by atoms with E-state index in [9.17, 15) is 4.79 Å². The molecule has 1 atom stereocenters. The molecule has 28 heavy (non-hydrogen) atoms. The van der Waals surface area contributed by atoms with Gasteiger partial charge in [-0.15, -0.1) is 0 Å². The molecule has 1 heterocycles. The molecule has 2 rings (SSSR count). The van der Waals surface area contributed by atoms with Gasteiger partial charge < -0.3 is 10.6 Å². The van der Waals surface area contributed by atoms with E-state index in [0.717, 1.165) is 49.1 Å². The molecule has 1 amide bonds.